The van der Waals surface area contributed by atoms with Crippen LogP contribution in [-0.2, 0) is 12.8 Å². The molecule has 0 amide bonds. The molecular formula is C14H16N6OS. The van der Waals surface area contributed by atoms with Gasteiger partial charge >= 0.3 is 0 Å². The summed E-state index contributed by atoms with van der Waals surface area (Å²) in [5.41, 5.74) is 1.95. The Labute approximate surface area is 132 Å². The van der Waals surface area contributed by atoms with Gasteiger partial charge in [-0.05, 0) is 35.0 Å². The Balaban J connectivity index is 1.89. The van der Waals surface area contributed by atoms with Gasteiger partial charge in [-0.1, -0.05) is 17.8 Å². The lowest BCUT2D eigenvalue weighted by atomic mass is 10.2. The fourth-order valence-electron chi connectivity index (χ4n) is 2.05. The summed E-state index contributed by atoms with van der Waals surface area (Å²) in [6, 6.07) is 5.91. The van der Waals surface area contributed by atoms with Crippen LogP contribution < -0.4 is 4.74 Å². The molecule has 114 valence electrons. The summed E-state index contributed by atoms with van der Waals surface area (Å²) >= 11 is 1.53. The molecule has 0 aliphatic carbocycles. The van der Waals surface area contributed by atoms with E-state index in [0.29, 0.717) is 10.9 Å². The summed E-state index contributed by atoms with van der Waals surface area (Å²) in [5, 5.41) is 12.7. The second kappa shape index (κ2) is 6.18. The topological polar surface area (TPSA) is 70.7 Å². The van der Waals surface area contributed by atoms with Crippen molar-refractivity contribution in [3.05, 3.63) is 42.0 Å². The highest BCUT2D eigenvalue weighted by Gasteiger charge is 2.14. The van der Waals surface area contributed by atoms with Crippen molar-refractivity contribution in [3.8, 4) is 11.4 Å². The summed E-state index contributed by atoms with van der Waals surface area (Å²) in [4.78, 5) is 4.31. The van der Waals surface area contributed by atoms with Crippen molar-refractivity contribution in [3.63, 3.8) is 0 Å². The van der Waals surface area contributed by atoms with Crippen molar-refractivity contribution in [2.75, 3.05) is 7.11 Å². The van der Waals surface area contributed by atoms with Crippen molar-refractivity contribution >= 4 is 11.8 Å². The number of aryl methyl sites for hydroxylation is 2. The van der Waals surface area contributed by atoms with Crippen LogP contribution in [-0.4, -0.2) is 36.9 Å². The van der Waals surface area contributed by atoms with E-state index in [4.69, 9.17) is 4.74 Å². The zero-order chi connectivity index (χ0) is 15.5. The second-order valence-electron chi connectivity index (χ2n) is 4.79. The number of methoxy groups -OCH3 is 1. The van der Waals surface area contributed by atoms with E-state index in [1.54, 1.807) is 18.0 Å². The van der Waals surface area contributed by atoms with Crippen molar-refractivity contribution in [2.24, 2.45) is 7.05 Å². The number of thioether (sulfide) groups is 1. The van der Waals surface area contributed by atoms with Gasteiger partial charge in [-0.3, -0.25) is 0 Å². The molecule has 8 heteroatoms. The van der Waals surface area contributed by atoms with Crippen LogP contribution in [0.4, 0.5) is 0 Å². The number of ether oxygens (including phenoxy) is 1. The Hall–Kier alpha value is -2.35. The van der Waals surface area contributed by atoms with Gasteiger partial charge in [0.1, 0.15) is 17.3 Å². The van der Waals surface area contributed by atoms with Crippen LogP contribution >= 0.6 is 11.8 Å². The lowest BCUT2D eigenvalue weighted by Gasteiger charge is -2.10. The van der Waals surface area contributed by atoms with Gasteiger partial charge in [0.25, 0.3) is 0 Å². The standard InChI is InChI=1S/C14H16N6OS/c1-10-4-5-12(21-3)11(8-10)20-14(16-17-18-20)22-9-13-15-6-7-19(13)2/h4-8H,9H2,1-3H3. The third-order valence-corrected chi connectivity index (χ3v) is 4.17. The van der Waals surface area contributed by atoms with Crippen LogP contribution in [0, 0.1) is 6.92 Å². The van der Waals surface area contributed by atoms with Gasteiger partial charge in [-0.15, -0.1) is 5.10 Å². The molecule has 22 heavy (non-hydrogen) atoms. The van der Waals surface area contributed by atoms with E-state index in [-0.39, 0.29) is 0 Å². The molecule has 0 saturated carbocycles. The van der Waals surface area contributed by atoms with E-state index in [1.807, 2.05) is 42.9 Å². The molecule has 2 aromatic heterocycles. The molecular weight excluding hydrogens is 300 g/mol. The Bertz CT molecular complexity index is 781. The van der Waals surface area contributed by atoms with Crippen LogP contribution in [0.15, 0.2) is 35.7 Å². The molecule has 0 radical (unpaired) electrons. The Morgan fingerprint density at radius 3 is 2.91 bits per heavy atom. The number of hydrogen-bond donors (Lipinski definition) is 0. The number of hydrogen-bond acceptors (Lipinski definition) is 6. The van der Waals surface area contributed by atoms with Crippen molar-refractivity contribution in [1.82, 2.24) is 29.8 Å². The van der Waals surface area contributed by atoms with E-state index < -0.39 is 0 Å². The summed E-state index contributed by atoms with van der Waals surface area (Å²) in [5.74, 6) is 2.39. The number of tetrazole rings is 1. The van der Waals surface area contributed by atoms with Crippen LogP contribution in [0.2, 0.25) is 0 Å². The normalized spacial score (nSPS) is 10.9. The first-order valence-electron chi connectivity index (χ1n) is 6.71. The molecule has 1 aromatic carbocycles. The molecule has 0 unspecified atom stereocenters. The van der Waals surface area contributed by atoms with E-state index in [2.05, 4.69) is 20.5 Å². The lowest BCUT2D eigenvalue weighted by Crippen LogP contribution is -2.03. The van der Waals surface area contributed by atoms with E-state index in [0.717, 1.165) is 22.8 Å². The molecule has 0 spiro atoms. The highest BCUT2D eigenvalue weighted by molar-refractivity contribution is 7.98. The maximum absolute atomic E-state index is 5.41. The Morgan fingerprint density at radius 2 is 2.18 bits per heavy atom. The molecule has 0 aliphatic heterocycles. The summed E-state index contributed by atoms with van der Waals surface area (Å²) in [6.45, 7) is 2.02. The summed E-state index contributed by atoms with van der Waals surface area (Å²) in [7, 11) is 3.61. The highest BCUT2D eigenvalue weighted by atomic mass is 32.2. The monoisotopic (exact) mass is 316 g/mol. The van der Waals surface area contributed by atoms with Gasteiger partial charge in [-0.2, -0.15) is 4.68 Å². The molecule has 2 heterocycles. The molecule has 0 bridgehead atoms. The average molecular weight is 316 g/mol. The lowest BCUT2D eigenvalue weighted by molar-refractivity contribution is 0.410. The van der Waals surface area contributed by atoms with E-state index in [1.165, 1.54) is 11.8 Å². The first-order valence-corrected chi connectivity index (χ1v) is 7.70. The molecule has 3 rings (SSSR count). The van der Waals surface area contributed by atoms with Gasteiger partial charge in [0.05, 0.1) is 12.9 Å². The predicted molar refractivity (Wildman–Crippen MR) is 83.2 cm³/mol. The number of rotatable bonds is 5. The van der Waals surface area contributed by atoms with Gasteiger partial charge < -0.3 is 9.30 Å². The SMILES string of the molecule is COc1ccc(C)cc1-n1nnnc1SCc1nccn1C. The third kappa shape index (κ3) is 2.82. The van der Waals surface area contributed by atoms with Crippen LogP contribution in [0.5, 0.6) is 5.75 Å². The Kier molecular flexibility index (Phi) is 4.10. The zero-order valence-electron chi connectivity index (χ0n) is 12.6. The largest absolute Gasteiger partial charge is 0.494 e. The number of aromatic nitrogens is 6. The fourth-order valence-corrected chi connectivity index (χ4v) is 2.94. The van der Waals surface area contributed by atoms with Crippen molar-refractivity contribution < 1.29 is 4.74 Å². The quantitative estimate of drug-likeness (QED) is 0.671. The first kappa shape index (κ1) is 14.6. The number of benzene rings is 1. The van der Waals surface area contributed by atoms with Gasteiger partial charge in [0.2, 0.25) is 5.16 Å². The first-order chi connectivity index (χ1) is 10.7. The van der Waals surface area contributed by atoms with Crippen LogP contribution in [0.25, 0.3) is 5.69 Å². The number of imidazole rings is 1. The van der Waals surface area contributed by atoms with E-state index >= 15 is 0 Å². The molecule has 0 fully saturated rings. The fraction of sp³-hybridized carbons (Fsp3) is 0.286. The molecule has 0 atom stereocenters. The van der Waals surface area contributed by atoms with Crippen molar-refractivity contribution in [1.29, 1.82) is 0 Å². The minimum Gasteiger partial charge on any atom is -0.494 e. The number of nitrogens with zero attached hydrogens (tertiary/aromatic N) is 6. The molecule has 3 aromatic rings. The summed E-state index contributed by atoms with van der Waals surface area (Å²) < 4.78 is 9.08. The molecule has 0 aliphatic rings. The van der Waals surface area contributed by atoms with Crippen molar-refractivity contribution in [2.45, 2.75) is 17.8 Å². The average Bonchev–Trinajstić information content (AvgIpc) is 3.13. The van der Waals surface area contributed by atoms with Gasteiger partial charge in [0.15, 0.2) is 0 Å². The maximum Gasteiger partial charge on any atom is 0.214 e. The van der Waals surface area contributed by atoms with Gasteiger partial charge in [-0.25, -0.2) is 4.98 Å². The maximum atomic E-state index is 5.41. The summed E-state index contributed by atoms with van der Waals surface area (Å²) in [6.07, 6.45) is 3.70. The molecule has 7 nitrogen and oxygen atoms in total. The Morgan fingerprint density at radius 1 is 1.32 bits per heavy atom. The smallest absolute Gasteiger partial charge is 0.214 e. The minimum atomic E-state index is 0.692. The highest BCUT2D eigenvalue weighted by Crippen LogP contribution is 2.28. The second-order valence-corrected chi connectivity index (χ2v) is 5.73. The molecule has 0 N–H and O–H groups in total. The third-order valence-electron chi connectivity index (χ3n) is 3.25. The molecule has 0 saturated heterocycles. The zero-order valence-corrected chi connectivity index (χ0v) is 13.4. The minimum absolute atomic E-state index is 0.692. The van der Waals surface area contributed by atoms with Gasteiger partial charge in [0, 0.05) is 19.4 Å². The van der Waals surface area contributed by atoms with Crippen LogP contribution in [0.1, 0.15) is 11.4 Å². The predicted octanol–water partition coefficient (Wildman–Crippen LogP) is 2.01. The van der Waals surface area contributed by atoms with E-state index in [9.17, 15) is 0 Å². The van der Waals surface area contributed by atoms with Crippen LogP contribution in [0.3, 0.4) is 0 Å².